The van der Waals surface area contributed by atoms with E-state index in [4.69, 9.17) is 10.3 Å². The van der Waals surface area contributed by atoms with Gasteiger partial charge in [0.1, 0.15) is 6.04 Å². The van der Waals surface area contributed by atoms with Gasteiger partial charge in [-0.05, 0) is 31.7 Å². The van der Waals surface area contributed by atoms with Crippen LogP contribution in [-0.2, 0) is 11.2 Å². The van der Waals surface area contributed by atoms with Gasteiger partial charge < -0.3 is 15.6 Å². The van der Waals surface area contributed by atoms with Crippen LogP contribution < -0.4 is 11.1 Å². The Morgan fingerprint density at radius 2 is 2.12 bits per heavy atom. The molecular weight excluding hydrogens is 340 g/mol. The molecule has 0 bridgehead atoms. The first kappa shape index (κ1) is 19.4. The minimum Gasteiger partial charge on any atom is -0.344 e. The molecule has 3 N–H and O–H groups in total. The number of carbonyl (C=O) groups is 1. The maximum Gasteiger partial charge on any atom is 0.248 e. The molecule has 2 aromatic rings. The van der Waals surface area contributed by atoms with Crippen LogP contribution in [0, 0.1) is 5.92 Å². The minimum atomic E-state index is -0.298. The summed E-state index contributed by atoms with van der Waals surface area (Å²) in [6, 6.07) is 9.81. The van der Waals surface area contributed by atoms with Gasteiger partial charge in [-0.3, -0.25) is 4.79 Å². The van der Waals surface area contributed by atoms with E-state index in [-0.39, 0.29) is 36.3 Å². The highest BCUT2D eigenvalue weighted by atomic mass is 35.5. The topological polar surface area (TPSA) is 94.0 Å². The molecule has 1 saturated carbocycles. The molecule has 25 heavy (non-hydrogen) atoms. The second-order valence-corrected chi connectivity index (χ2v) is 6.57. The molecule has 3 atom stereocenters. The van der Waals surface area contributed by atoms with Crippen molar-refractivity contribution < 1.29 is 9.32 Å². The van der Waals surface area contributed by atoms with E-state index < -0.39 is 0 Å². The van der Waals surface area contributed by atoms with Crippen molar-refractivity contribution in [3.63, 3.8) is 0 Å². The van der Waals surface area contributed by atoms with Crippen LogP contribution in [0.15, 0.2) is 34.9 Å². The Morgan fingerprint density at radius 1 is 1.36 bits per heavy atom. The number of benzene rings is 1. The van der Waals surface area contributed by atoms with Gasteiger partial charge in [0.25, 0.3) is 0 Å². The normalized spacial score (nSPS) is 21.2. The van der Waals surface area contributed by atoms with Gasteiger partial charge in [0.15, 0.2) is 5.82 Å². The smallest absolute Gasteiger partial charge is 0.248 e. The lowest BCUT2D eigenvalue weighted by molar-refractivity contribution is -0.126. The van der Waals surface area contributed by atoms with E-state index in [9.17, 15) is 4.79 Å². The van der Waals surface area contributed by atoms with E-state index >= 15 is 0 Å². The summed E-state index contributed by atoms with van der Waals surface area (Å²) in [7, 11) is 0. The van der Waals surface area contributed by atoms with Crippen LogP contribution in [0.2, 0.25) is 0 Å². The van der Waals surface area contributed by atoms with Gasteiger partial charge in [0.2, 0.25) is 11.8 Å². The zero-order chi connectivity index (χ0) is 16.9. The monoisotopic (exact) mass is 364 g/mol. The van der Waals surface area contributed by atoms with Crippen LogP contribution in [0.4, 0.5) is 0 Å². The van der Waals surface area contributed by atoms with E-state index in [2.05, 4.69) is 15.5 Å². The van der Waals surface area contributed by atoms with Gasteiger partial charge in [0.05, 0.1) is 0 Å². The summed E-state index contributed by atoms with van der Waals surface area (Å²) in [5, 5.41) is 6.98. The van der Waals surface area contributed by atoms with Crippen molar-refractivity contribution in [1.82, 2.24) is 15.5 Å². The highest BCUT2D eigenvalue weighted by Crippen LogP contribution is 2.24. The first-order chi connectivity index (χ1) is 11.6. The van der Waals surface area contributed by atoms with Crippen molar-refractivity contribution in [3.05, 3.63) is 47.6 Å². The molecule has 1 aliphatic carbocycles. The standard InChI is InChI=1S/C18H24N4O2.ClH/c1-12(20-17(23)14-8-5-9-15(19)11-14)18-21-16(22-24-18)10-13-6-3-2-4-7-13;/h2-4,6-7,12,14-15H,5,8-11,19H2,1H3,(H,20,23);1H. The van der Waals surface area contributed by atoms with E-state index in [0.29, 0.717) is 18.1 Å². The second kappa shape index (κ2) is 8.97. The van der Waals surface area contributed by atoms with Crippen molar-refractivity contribution in [3.8, 4) is 0 Å². The zero-order valence-corrected chi connectivity index (χ0v) is 15.2. The molecule has 6 nitrogen and oxygen atoms in total. The summed E-state index contributed by atoms with van der Waals surface area (Å²) in [4.78, 5) is 16.8. The fraction of sp³-hybridized carbons (Fsp3) is 0.500. The Kier molecular flexibility index (Phi) is 6.96. The average Bonchev–Trinajstić information content (AvgIpc) is 3.04. The molecule has 7 heteroatoms. The van der Waals surface area contributed by atoms with Crippen LogP contribution in [-0.4, -0.2) is 22.1 Å². The van der Waals surface area contributed by atoms with E-state index in [1.54, 1.807) is 0 Å². The lowest BCUT2D eigenvalue weighted by atomic mass is 9.85. The SMILES string of the molecule is CC(NC(=O)C1CCCC(N)C1)c1nc(Cc2ccccc2)no1.Cl. The number of rotatable bonds is 5. The Hall–Kier alpha value is -1.92. The number of hydrogen-bond donors (Lipinski definition) is 2. The Labute approximate surface area is 154 Å². The number of carbonyl (C=O) groups excluding carboxylic acids is 1. The van der Waals surface area contributed by atoms with E-state index in [0.717, 1.165) is 31.2 Å². The fourth-order valence-electron chi connectivity index (χ4n) is 3.15. The number of nitrogens with zero attached hydrogens (tertiary/aromatic N) is 2. The Morgan fingerprint density at radius 3 is 2.84 bits per heavy atom. The van der Waals surface area contributed by atoms with Crippen LogP contribution in [0.25, 0.3) is 0 Å². The second-order valence-electron chi connectivity index (χ2n) is 6.57. The van der Waals surface area contributed by atoms with Crippen LogP contribution >= 0.6 is 12.4 Å². The Balaban J connectivity index is 0.00000225. The van der Waals surface area contributed by atoms with E-state index in [1.165, 1.54) is 0 Å². The van der Waals surface area contributed by atoms with Gasteiger partial charge in [-0.2, -0.15) is 4.98 Å². The largest absolute Gasteiger partial charge is 0.344 e. The summed E-state index contributed by atoms with van der Waals surface area (Å²) >= 11 is 0. The summed E-state index contributed by atoms with van der Waals surface area (Å²) in [6.45, 7) is 1.86. The fourth-order valence-corrected chi connectivity index (χ4v) is 3.15. The third-order valence-electron chi connectivity index (χ3n) is 4.50. The van der Waals surface area contributed by atoms with Crippen molar-refractivity contribution >= 4 is 18.3 Å². The van der Waals surface area contributed by atoms with Gasteiger partial charge in [0, 0.05) is 18.4 Å². The average molecular weight is 365 g/mol. The van der Waals surface area contributed by atoms with Gasteiger partial charge in [-0.25, -0.2) is 0 Å². The van der Waals surface area contributed by atoms with E-state index in [1.807, 2.05) is 37.3 Å². The first-order valence-electron chi connectivity index (χ1n) is 8.54. The molecule has 1 aromatic heterocycles. The lowest BCUT2D eigenvalue weighted by Crippen LogP contribution is -2.38. The molecule has 0 spiro atoms. The lowest BCUT2D eigenvalue weighted by Gasteiger charge is -2.26. The van der Waals surface area contributed by atoms with Gasteiger partial charge >= 0.3 is 0 Å². The number of amides is 1. The predicted octanol–water partition coefficient (Wildman–Crippen LogP) is 2.78. The molecule has 0 radical (unpaired) electrons. The molecule has 1 amide bonds. The number of hydrogen-bond acceptors (Lipinski definition) is 5. The van der Waals surface area contributed by atoms with Crippen molar-refractivity contribution in [1.29, 1.82) is 0 Å². The number of nitrogens with one attached hydrogen (secondary N) is 1. The number of aromatic nitrogens is 2. The number of nitrogens with two attached hydrogens (primary N) is 1. The van der Waals surface area contributed by atoms with Crippen LogP contribution in [0.5, 0.6) is 0 Å². The van der Waals surface area contributed by atoms with Gasteiger partial charge in [-0.1, -0.05) is 41.9 Å². The molecule has 0 saturated heterocycles. The highest BCUT2D eigenvalue weighted by molar-refractivity contribution is 5.85. The van der Waals surface area contributed by atoms with Crippen molar-refractivity contribution in [2.75, 3.05) is 0 Å². The summed E-state index contributed by atoms with van der Waals surface area (Å²) in [5.41, 5.74) is 7.08. The zero-order valence-electron chi connectivity index (χ0n) is 14.4. The highest BCUT2D eigenvalue weighted by Gasteiger charge is 2.27. The molecular formula is C18H25ClN4O2. The van der Waals surface area contributed by atoms with Crippen molar-refractivity contribution in [2.24, 2.45) is 11.7 Å². The van der Waals surface area contributed by atoms with Crippen LogP contribution in [0.1, 0.15) is 55.9 Å². The maximum atomic E-state index is 12.4. The van der Waals surface area contributed by atoms with Crippen molar-refractivity contribution in [2.45, 2.75) is 51.1 Å². The Bertz CT molecular complexity index is 677. The molecule has 3 rings (SSSR count). The summed E-state index contributed by atoms with van der Waals surface area (Å²) in [5.74, 6) is 1.08. The van der Waals surface area contributed by atoms with Gasteiger partial charge in [-0.15, -0.1) is 12.4 Å². The molecule has 1 heterocycles. The predicted molar refractivity (Wildman–Crippen MR) is 97.3 cm³/mol. The number of halogens is 1. The van der Waals surface area contributed by atoms with Crippen LogP contribution in [0.3, 0.4) is 0 Å². The molecule has 1 aliphatic rings. The molecule has 1 fully saturated rings. The third kappa shape index (κ3) is 5.28. The molecule has 136 valence electrons. The molecule has 1 aromatic carbocycles. The minimum absolute atomic E-state index is 0. The summed E-state index contributed by atoms with van der Waals surface area (Å²) < 4.78 is 5.31. The first-order valence-corrected chi connectivity index (χ1v) is 8.54. The summed E-state index contributed by atoms with van der Waals surface area (Å²) in [6.07, 6.45) is 4.28. The quantitative estimate of drug-likeness (QED) is 0.850. The third-order valence-corrected chi connectivity index (χ3v) is 4.50. The maximum absolute atomic E-state index is 12.4. The molecule has 0 aliphatic heterocycles. The molecule has 3 unspecified atom stereocenters.